The van der Waals surface area contributed by atoms with Crippen LogP contribution in [0.4, 0.5) is 0 Å². The maximum absolute atomic E-state index is 13.8. The number of cyclic esters (lactones) is 2. The molecule has 57 heavy (non-hydrogen) atoms. The quantitative estimate of drug-likeness (QED) is 0.107. The number of carbonyl (C=O) groups is 4. The number of halogens is 1. The van der Waals surface area contributed by atoms with Crippen LogP contribution in [-0.2, 0) is 46.4 Å². The van der Waals surface area contributed by atoms with E-state index in [4.69, 9.17) is 30.5 Å². The van der Waals surface area contributed by atoms with Gasteiger partial charge in [0.25, 0.3) is 0 Å². The summed E-state index contributed by atoms with van der Waals surface area (Å²) in [4.78, 5) is 56.6. The topological polar surface area (TPSA) is 136 Å². The molecule has 1 saturated heterocycles. The highest BCUT2D eigenvalue weighted by Gasteiger charge is 2.48. The van der Waals surface area contributed by atoms with Gasteiger partial charge in [-0.1, -0.05) is 97.3 Å². The van der Waals surface area contributed by atoms with Crippen LogP contribution in [-0.4, -0.2) is 92.3 Å². The van der Waals surface area contributed by atoms with E-state index in [1.165, 1.54) is 18.7 Å². The number of hydrogen-bond donors (Lipinski definition) is 2. The first kappa shape index (κ1) is 46.5. The predicted octanol–water partition coefficient (Wildman–Crippen LogP) is 7.20. The molecule has 0 radical (unpaired) electrons. The van der Waals surface area contributed by atoms with Gasteiger partial charge >= 0.3 is 11.9 Å². The normalized spacial score (nSPS) is 24.9. The molecule has 314 valence electrons. The Bertz CT molecular complexity index is 1710. The maximum atomic E-state index is 13.8. The summed E-state index contributed by atoms with van der Waals surface area (Å²) in [5.41, 5.74) is 1.74. The minimum atomic E-state index is -1.21. The van der Waals surface area contributed by atoms with Gasteiger partial charge in [0.1, 0.15) is 24.0 Å². The number of nitrogens with one attached hydrogen (secondary N) is 2. The van der Waals surface area contributed by atoms with Gasteiger partial charge in [0.05, 0.1) is 23.7 Å². The molecule has 0 aliphatic carbocycles. The van der Waals surface area contributed by atoms with E-state index in [9.17, 15) is 19.2 Å². The molecular weight excluding hydrogens is 786 g/mol. The van der Waals surface area contributed by atoms with Gasteiger partial charge in [-0.2, -0.15) is 0 Å². The lowest BCUT2D eigenvalue weighted by atomic mass is 9.92. The van der Waals surface area contributed by atoms with E-state index in [-0.39, 0.29) is 49.9 Å². The van der Waals surface area contributed by atoms with Crippen LogP contribution in [0.25, 0.3) is 0 Å². The van der Waals surface area contributed by atoms with E-state index in [0.717, 1.165) is 24.4 Å². The lowest BCUT2D eigenvalue weighted by Crippen LogP contribution is -2.51. The molecule has 2 aliphatic heterocycles. The molecule has 0 saturated carbocycles. The standard InChI is InChI=1S/C43H60ClN3O8S2/c1-26(2)19-36-41(50)53-34(28(4)38-39(55-38)31-16-13-29(14-17-31)23-47(7)22-27(3)24-57-56-9)11-10-12-37(48)46-33(21-30-15-18-35(52-8)32(44)20-30)40(49)45-25-43(5,6)42(51)54-36/h10,12-18,20,26-28,33-34,36,38-39H,11,19,21-25H2,1-9H3,(H,45,49)(H,46,48)/b12-10-/t27?,28-,33+,34-,36-,38+,39+/m0/s1. The van der Waals surface area contributed by atoms with E-state index >= 15 is 0 Å². The van der Waals surface area contributed by atoms with Crippen LogP contribution in [0.2, 0.25) is 5.02 Å². The Morgan fingerprint density at radius 3 is 2.37 bits per heavy atom. The lowest BCUT2D eigenvalue weighted by Gasteiger charge is -2.29. The summed E-state index contributed by atoms with van der Waals surface area (Å²) in [6, 6.07) is 12.6. The molecule has 11 nitrogen and oxygen atoms in total. The third-order valence-electron chi connectivity index (χ3n) is 10.1. The molecule has 2 aliphatic rings. The molecule has 2 amide bonds. The van der Waals surface area contributed by atoms with Crippen molar-refractivity contribution in [3.63, 3.8) is 0 Å². The van der Waals surface area contributed by atoms with Crippen LogP contribution in [0.5, 0.6) is 5.75 Å². The summed E-state index contributed by atoms with van der Waals surface area (Å²) in [6.45, 7) is 13.1. The van der Waals surface area contributed by atoms with E-state index in [1.54, 1.807) is 48.9 Å². The Kier molecular flexibility index (Phi) is 17.7. The van der Waals surface area contributed by atoms with Gasteiger partial charge in [0.15, 0.2) is 6.10 Å². The number of rotatable bonds is 15. The number of epoxide rings is 1. The number of amides is 2. The minimum absolute atomic E-state index is 0.0110. The molecule has 2 N–H and O–H groups in total. The average Bonchev–Trinajstić information content (AvgIpc) is 3.96. The number of carbonyl (C=O) groups excluding carboxylic acids is 4. The molecule has 0 aromatic heterocycles. The Labute approximate surface area is 351 Å². The van der Waals surface area contributed by atoms with Gasteiger partial charge in [-0.05, 0) is 80.3 Å². The van der Waals surface area contributed by atoms with E-state index in [0.29, 0.717) is 22.3 Å². The first-order valence-electron chi connectivity index (χ1n) is 19.6. The second-order valence-corrected chi connectivity index (χ2v) is 19.4. The van der Waals surface area contributed by atoms with Crippen molar-refractivity contribution in [3.05, 3.63) is 76.3 Å². The smallest absolute Gasteiger partial charge is 0.347 e. The highest BCUT2D eigenvalue weighted by Crippen LogP contribution is 2.45. The van der Waals surface area contributed by atoms with Gasteiger partial charge in [0.2, 0.25) is 11.8 Å². The molecule has 4 rings (SSSR count). The van der Waals surface area contributed by atoms with E-state index < -0.39 is 47.4 Å². The number of hydrogen-bond acceptors (Lipinski definition) is 11. The molecule has 2 heterocycles. The summed E-state index contributed by atoms with van der Waals surface area (Å²) in [7, 11) is 7.35. The second-order valence-electron chi connectivity index (χ2n) is 16.3. The lowest BCUT2D eigenvalue weighted by molar-refractivity contribution is -0.179. The van der Waals surface area contributed by atoms with Crippen LogP contribution in [0.1, 0.15) is 77.2 Å². The van der Waals surface area contributed by atoms with Crippen molar-refractivity contribution in [2.24, 2.45) is 23.2 Å². The summed E-state index contributed by atoms with van der Waals surface area (Å²) >= 11 is 6.36. The van der Waals surface area contributed by atoms with Crippen molar-refractivity contribution in [2.75, 3.05) is 39.3 Å². The monoisotopic (exact) mass is 845 g/mol. The highest BCUT2D eigenvalue weighted by atomic mass is 35.5. The predicted molar refractivity (Wildman–Crippen MR) is 228 cm³/mol. The molecule has 2 aromatic rings. The fraction of sp³-hybridized carbons (Fsp3) is 0.581. The van der Waals surface area contributed by atoms with Gasteiger partial charge in [-0.3, -0.25) is 14.4 Å². The summed E-state index contributed by atoms with van der Waals surface area (Å²) in [6.07, 6.45) is 3.35. The van der Waals surface area contributed by atoms with Crippen molar-refractivity contribution >= 4 is 56.9 Å². The van der Waals surface area contributed by atoms with Crippen molar-refractivity contribution in [2.45, 2.75) is 97.8 Å². The van der Waals surface area contributed by atoms with Crippen molar-refractivity contribution in [1.82, 2.24) is 15.5 Å². The summed E-state index contributed by atoms with van der Waals surface area (Å²) in [5.74, 6) is -0.392. The zero-order chi connectivity index (χ0) is 41.9. The van der Waals surface area contributed by atoms with Crippen LogP contribution in [0.15, 0.2) is 54.6 Å². The maximum Gasteiger partial charge on any atom is 0.347 e. The zero-order valence-electron chi connectivity index (χ0n) is 34.7. The van der Waals surface area contributed by atoms with Crippen molar-refractivity contribution in [1.29, 1.82) is 0 Å². The van der Waals surface area contributed by atoms with Crippen molar-refractivity contribution in [3.8, 4) is 5.75 Å². The third kappa shape index (κ3) is 14.2. The van der Waals surface area contributed by atoms with Gasteiger partial charge in [0, 0.05) is 44.1 Å². The Balaban J connectivity index is 1.53. The fourth-order valence-electron chi connectivity index (χ4n) is 6.78. The summed E-state index contributed by atoms with van der Waals surface area (Å²) in [5, 5.41) is 5.96. The number of esters is 2. The number of methoxy groups -OCH3 is 1. The molecule has 14 heteroatoms. The molecule has 1 unspecified atom stereocenters. The largest absolute Gasteiger partial charge is 0.495 e. The first-order chi connectivity index (χ1) is 27.0. The average molecular weight is 847 g/mol. The van der Waals surface area contributed by atoms with E-state index in [1.807, 2.05) is 31.6 Å². The van der Waals surface area contributed by atoms with Crippen LogP contribution in [0, 0.1) is 23.2 Å². The summed E-state index contributed by atoms with van der Waals surface area (Å²) < 4.78 is 23.5. The van der Waals surface area contributed by atoms with Crippen LogP contribution in [0.3, 0.4) is 0 Å². The molecule has 1 fully saturated rings. The van der Waals surface area contributed by atoms with E-state index in [2.05, 4.69) is 60.0 Å². The third-order valence-corrected chi connectivity index (χ3v) is 12.5. The Morgan fingerprint density at radius 1 is 1.02 bits per heavy atom. The molecule has 0 spiro atoms. The van der Waals surface area contributed by atoms with Crippen molar-refractivity contribution < 1.29 is 38.1 Å². The molecule has 7 atom stereocenters. The highest BCUT2D eigenvalue weighted by molar-refractivity contribution is 8.76. The first-order valence-corrected chi connectivity index (χ1v) is 22.7. The van der Waals surface area contributed by atoms with Gasteiger partial charge in [-0.15, -0.1) is 0 Å². The van der Waals surface area contributed by atoms with Gasteiger partial charge < -0.3 is 34.5 Å². The van der Waals surface area contributed by atoms with Crippen LogP contribution < -0.4 is 15.4 Å². The second kappa shape index (κ2) is 21.7. The minimum Gasteiger partial charge on any atom is -0.495 e. The van der Waals surface area contributed by atoms with Gasteiger partial charge in [-0.25, -0.2) is 4.79 Å². The van der Waals surface area contributed by atoms with Crippen LogP contribution >= 0.6 is 33.2 Å². The number of ether oxygens (including phenoxy) is 4. The molecule has 2 aromatic carbocycles. The molecule has 0 bridgehead atoms. The molecular formula is C43H60ClN3O8S2. The SMILES string of the molecule is COc1ccc(C[C@H]2NC(=O)/C=C\C[C@@H]([C@H](C)[C@H]3O[C@@H]3c3ccc(CN(C)CC(C)CSSC)cc3)OC(=O)[C@H](CC(C)C)OC(=O)C(C)(C)CNC2=O)cc1Cl. The zero-order valence-corrected chi connectivity index (χ0v) is 37.1. The Morgan fingerprint density at radius 2 is 1.72 bits per heavy atom. The number of benzene rings is 2. The Hall–Kier alpha value is -3.23. The number of nitrogens with zero attached hydrogens (tertiary/aromatic N) is 1. The fourth-order valence-corrected chi connectivity index (χ4v) is 8.64.